The topological polar surface area (TPSA) is 63.2 Å². The second kappa shape index (κ2) is 3.93. The maximum Gasteiger partial charge on any atom is 0.307 e. The van der Waals surface area contributed by atoms with Crippen LogP contribution in [0.2, 0.25) is 0 Å². The standard InChI is InChI=1S/C8H12N2O3S/c1-3-8(14(11,12)13)10-6-5-9(4-2)7-10/h4-8H,2-3H2,1H3/p+1. The predicted octanol–water partition coefficient (Wildman–Crippen LogP) is 0.672. The number of hydrogen-bond donors (Lipinski definition) is 1. The first-order chi connectivity index (χ1) is 6.49. The van der Waals surface area contributed by atoms with Gasteiger partial charge in [0.1, 0.15) is 12.4 Å². The molecule has 0 saturated carbocycles. The van der Waals surface area contributed by atoms with Crippen molar-refractivity contribution in [3.8, 4) is 0 Å². The molecule has 1 rings (SSSR count). The van der Waals surface area contributed by atoms with Crippen molar-refractivity contribution in [1.82, 2.24) is 4.57 Å². The first-order valence-electron chi connectivity index (χ1n) is 4.16. The van der Waals surface area contributed by atoms with Gasteiger partial charge >= 0.3 is 10.1 Å². The van der Waals surface area contributed by atoms with Crippen molar-refractivity contribution in [3.05, 3.63) is 25.3 Å². The zero-order chi connectivity index (χ0) is 10.8. The highest BCUT2D eigenvalue weighted by Gasteiger charge is 2.27. The van der Waals surface area contributed by atoms with Gasteiger partial charge in [-0.1, -0.05) is 13.5 Å². The molecule has 0 aliphatic rings. The Morgan fingerprint density at radius 3 is 2.71 bits per heavy atom. The maximum absolute atomic E-state index is 11.0. The van der Waals surface area contributed by atoms with Gasteiger partial charge in [-0.2, -0.15) is 8.42 Å². The molecule has 0 spiro atoms. The Morgan fingerprint density at radius 2 is 2.36 bits per heavy atom. The first-order valence-corrected chi connectivity index (χ1v) is 5.66. The minimum absolute atomic E-state index is 0.310. The molecule has 1 atom stereocenters. The van der Waals surface area contributed by atoms with E-state index in [9.17, 15) is 8.42 Å². The molecular formula is C8H13N2O3S+. The molecule has 14 heavy (non-hydrogen) atoms. The van der Waals surface area contributed by atoms with Gasteiger partial charge in [0.25, 0.3) is 0 Å². The molecule has 0 aromatic carbocycles. The first kappa shape index (κ1) is 10.9. The third-order valence-electron chi connectivity index (χ3n) is 1.91. The molecule has 6 heteroatoms. The van der Waals surface area contributed by atoms with E-state index in [-0.39, 0.29) is 0 Å². The van der Waals surface area contributed by atoms with Gasteiger partial charge in [-0.05, 0) is 0 Å². The van der Waals surface area contributed by atoms with Crippen LogP contribution < -0.4 is 4.57 Å². The van der Waals surface area contributed by atoms with E-state index in [0.717, 1.165) is 0 Å². The molecule has 0 radical (unpaired) electrons. The Labute approximate surface area is 83.0 Å². The van der Waals surface area contributed by atoms with E-state index in [0.29, 0.717) is 6.42 Å². The van der Waals surface area contributed by atoms with E-state index in [1.54, 1.807) is 30.2 Å². The van der Waals surface area contributed by atoms with E-state index in [1.807, 2.05) is 0 Å². The van der Waals surface area contributed by atoms with E-state index in [2.05, 4.69) is 6.58 Å². The summed E-state index contributed by atoms with van der Waals surface area (Å²) in [7, 11) is -4.05. The summed E-state index contributed by atoms with van der Waals surface area (Å²) in [5.41, 5.74) is 0. The van der Waals surface area contributed by atoms with Gasteiger partial charge in [0.15, 0.2) is 0 Å². The average molecular weight is 217 g/mol. The summed E-state index contributed by atoms with van der Waals surface area (Å²) in [4.78, 5) is 0. The lowest BCUT2D eigenvalue weighted by atomic mass is 10.5. The smallest absolute Gasteiger partial charge is 0.282 e. The SMILES string of the molecule is C=C[n+]1ccn(C(CC)S(=O)(=O)O)c1. The monoisotopic (exact) mass is 217 g/mol. The van der Waals surface area contributed by atoms with Gasteiger partial charge < -0.3 is 0 Å². The van der Waals surface area contributed by atoms with Crippen LogP contribution in [0.3, 0.4) is 0 Å². The van der Waals surface area contributed by atoms with E-state index >= 15 is 0 Å². The van der Waals surface area contributed by atoms with Crippen molar-refractivity contribution >= 4 is 16.3 Å². The van der Waals surface area contributed by atoms with Crippen LogP contribution in [0.25, 0.3) is 6.20 Å². The molecule has 5 nitrogen and oxygen atoms in total. The highest BCUT2D eigenvalue weighted by molar-refractivity contribution is 7.85. The molecule has 0 fully saturated rings. The van der Waals surface area contributed by atoms with Crippen LogP contribution in [-0.2, 0) is 10.1 Å². The van der Waals surface area contributed by atoms with Crippen molar-refractivity contribution in [1.29, 1.82) is 0 Å². The summed E-state index contributed by atoms with van der Waals surface area (Å²) >= 11 is 0. The van der Waals surface area contributed by atoms with Gasteiger partial charge in [0.05, 0.1) is 6.20 Å². The highest BCUT2D eigenvalue weighted by atomic mass is 32.2. The maximum atomic E-state index is 11.0. The summed E-state index contributed by atoms with van der Waals surface area (Å²) in [5.74, 6) is 0. The Kier molecular flexibility index (Phi) is 3.07. The van der Waals surface area contributed by atoms with E-state index in [4.69, 9.17) is 4.55 Å². The van der Waals surface area contributed by atoms with Crippen molar-refractivity contribution < 1.29 is 17.5 Å². The van der Waals surface area contributed by atoms with Gasteiger partial charge in [-0.25, -0.2) is 9.13 Å². The lowest BCUT2D eigenvalue weighted by molar-refractivity contribution is -0.567. The zero-order valence-corrected chi connectivity index (χ0v) is 8.68. The van der Waals surface area contributed by atoms with Crippen LogP contribution in [0.5, 0.6) is 0 Å². The molecular weight excluding hydrogens is 204 g/mol. The number of nitrogens with zero attached hydrogens (tertiary/aromatic N) is 2. The fourth-order valence-corrected chi connectivity index (χ4v) is 2.09. The van der Waals surface area contributed by atoms with Crippen LogP contribution in [-0.4, -0.2) is 17.5 Å². The second-order valence-electron chi connectivity index (χ2n) is 2.87. The summed E-state index contributed by atoms with van der Waals surface area (Å²) < 4.78 is 33.9. The molecule has 1 aromatic heterocycles. The van der Waals surface area contributed by atoms with Crippen molar-refractivity contribution in [2.45, 2.75) is 18.7 Å². The predicted molar refractivity (Wildman–Crippen MR) is 51.9 cm³/mol. The molecule has 1 heterocycles. The average Bonchev–Trinajstić information content (AvgIpc) is 2.51. The molecule has 78 valence electrons. The minimum atomic E-state index is -4.05. The molecule has 1 unspecified atom stereocenters. The molecule has 1 aromatic rings. The van der Waals surface area contributed by atoms with Crippen LogP contribution in [0.1, 0.15) is 18.7 Å². The molecule has 1 N–H and O–H groups in total. The molecule has 0 aliphatic carbocycles. The van der Waals surface area contributed by atoms with Gasteiger partial charge in [-0.3, -0.25) is 4.55 Å². The summed E-state index contributed by atoms with van der Waals surface area (Å²) in [5, 5.41) is -0.927. The zero-order valence-electron chi connectivity index (χ0n) is 7.87. The van der Waals surface area contributed by atoms with Crippen LogP contribution in [0.4, 0.5) is 0 Å². The number of aromatic nitrogens is 2. The van der Waals surface area contributed by atoms with E-state index in [1.165, 1.54) is 10.8 Å². The van der Waals surface area contributed by atoms with Crippen molar-refractivity contribution in [2.75, 3.05) is 0 Å². The lowest BCUT2D eigenvalue weighted by Gasteiger charge is -2.06. The highest BCUT2D eigenvalue weighted by Crippen LogP contribution is 2.16. The second-order valence-corrected chi connectivity index (χ2v) is 4.44. The number of rotatable bonds is 4. The van der Waals surface area contributed by atoms with Gasteiger partial charge in [0, 0.05) is 6.42 Å². The molecule has 0 amide bonds. The number of hydrogen-bond acceptors (Lipinski definition) is 2. The van der Waals surface area contributed by atoms with E-state index < -0.39 is 15.5 Å². The Morgan fingerprint density at radius 1 is 1.71 bits per heavy atom. The lowest BCUT2D eigenvalue weighted by Crippen LogP contribution is -2.24. The third-order valence-corrected chi connectivity index (χ3v) is 3.18. The van der Waals surface area contributed by atoms with Crippen LogP contribution in [0, 0.1) is 0 Å². The van der Waals surface area contributed by atoms with Gasteiger partial charge in [0.2, 0.25) is 11.7 Å². The summed E-state index contributed by atoms with van der Waals surface area (Å²) in [6.07, 6.45) is 6.62. The molecule has 0 bridgehead atoms. The van der Waals surface area contributed by atoms with Gasteiger partial charge in [-0.15, -0.1) is 0 Å². The number of imidazole rings is 1. The third kappa shape index (κ3) is 2.21. The fourth-order valence-electron chi connectivity index (χ4n) is 1.24. The molecule has 0 saturated heterocycles. The fraction of sp³-hybridized carbons (Fsp3) is 0.375. The van der Waals surface area contributed by atoms with Crippen molar-refractivity contribution in [3.63, 3.8) is 0 Å². The Bertz CT molecular complexity index is 422. The summed E-state index contributed by atoms with van der Waals surface area (Å²) in [6, 6.07) is 0. The minimum Gasteiger partial charge on any atom is -0.282 e. The quantitative estimate of drug-likeness (QED) is 0.595. The Hall–Kier alpha value is -1.14. The normalized spacial score (nSPS) is 13.9. The van der Waals surface area contributed by atoms with Crippen molar-refractivity contribution in [2.24, 2.45) is 0 Å². The Balaban J connectivity index is 3.07. The largest absolute Gasteiger partial charge is 0.307 e. The van der Waals surface area contributed by atoms with Crippen LogP contribution >= 0.6 is 0 Å². The van der Waals surface area contributed by atoms with Crippen LogP contribution in [0.15, 0.2) is 25.3 Å². The molecule has 0 aliphatic heterocycles. The summed E-state index contributed by atoms with van der Waals surface area (Å²) in [6.45, 7) is 5.22.